The molecule has 1 aromatic carbocycles. The Labute approximate surface area is 110 Å². The summed E-state index contributed by atoms with van der Waals surface area (Å²) in [5.41, 5.74) is 7.20. The van der Waals surface area contributed by atoms with Gasteiger partial charge in [0.2, 0.25) is 0 Å². The zero-order chi connectivity index (χ0) is 9.97. The molecular weight excluding hydrogens is 243 g/mol. The van der Waals surface area contributed by atoms with Gasteiger partial charge in [0, 0.05) is 6.04 Å². The van der Waals surface area contributed by atoms with E-state index in [0.29, 0.717) is 12.0 Å². The number of hydrogen-bond donors (Lipinski definition) is 1. The number of nitrogens with zero attached hydrogens (tertiary/aromatic N) is 1. The van der Waals surface area contributed by atoms with Crippen molar-refractivity contribution in [3.8, 4) is 0 Å². The van der Waals surface area contributed by atoms with Crippen LogP contribution >= 0.6 is 24.8 Å². The maximum absolute atomic E-state index is 5.80. The third-order valence-corrected chi connectivity index (χ3v) is 3.22. The molecule has 2 rings (SSSR count). The lowest BCUT2D eigenvalue weighted by Gasteiger charge is -2.24. The van der Waals surface area contributed by atoms with Crippen molar-refractivity contribution in [3.05, 3.63) is 35.9 Å². The van der Waals surface area contributed by atoms with Gasteiger partial charge in [0.05, 0.1) is 0 Å². The predicted molar refractivity (Wildman–Crippen MR) is 73.5 cm³/mol. The van der Waals surface area contributed by atoms with Gasteiger partial charge in [-0.3, -0.25) is 4.90 Å². The van der Waals surface area contributed by atoms with Gasteiger partial charge in [0.15, 0.2) is 0 Å². The van der Waals surface area contributed by atoms with E-state index in [2.05, 4.69) is 42.3 Å². The van der Waals surface area contributed by atoms with Crippen molar-refractivity contribution in [2.45, 2.75) is 12.5 Å². The molecule has 1 fully saturated rings. The van der Waals surface area contributed by atoms with E-state index in [1.165, 1.54) is 18.5 Å². The molecule has 16 heavy (non-hydrogen) atoms. The standard InChI is InChI=1S/C12H18N2.2ClH/c1-14-8-7-11(9-13)12(14)10-5-3-2-4-6-10;;/h2-6,11-12H,7-9,13H2,1H3;2*1H. The molecule has 0 aliphatic carbocycles. The number of likely N-dealkylation sites (tertiary alicyclic amines) is 1. The summed E-state index contributed by atoms with van der Waals surface area (Å²) in [7, 11) is 2.19. The number of halogens is 2. The van der Waals surface area contributed by atoms with Crippen LogP contribution in [-0.4, -0.2) is 25.0 Å². The fourth-order valence-electron chi connectivity index (χ4n) is 2.45. The van der Waals surface area contributed by atoms with E-state index < -0.39 is 0 Å². The van der Waals surface area contributed by atoms with Crippen LogP contribution in [0.15, 0.2) is 30.3 Å². The molecule has 0 aromatic heterocycles. The summed E-state index contributed by atoms with van der Waals surface area (Å²) >= 11 is 0. The van der Waals surface area contributed by atoms with Crippen LogP contribution in [0.3, 0.4) is 0 Å². The second-order valence-corrected chi connectivity index (χ2v) is 4.12. The van der Waals surface area contributed by atoms with Gasteiger partial charge < -0.3 is 5.73 Å². The summed E-state index contributed by atoms with van der Waals surface area (Å²) in [5.74, 6) is 0.627. The molecular formula is C12H20Cl2N2. The Bertz CT molecular complexity index is 292. The molecule has 2 nitrogen and oxygen atoms in total. The molecule has 1 aromatic rings. The number of nitrogens with two attached hydrogens (primary N) is 1. The topological polar surface area (TPSA) is 29.3 Å². The molecule has 0 radical (unpaired) electrons. The lowest BCUT2D eigenvalue weighted by Crippen LogP contribution is -2.25. The maximum Gasteiger partial charge on any atom is 0.0385 e. The van der Waals surface area contributed by atoms with Gasteiger partial charge in [-0.15, -0.1) is 24.8 Å². The summed E-state index contributed by atoms with van der Waals surface area (Å²) in [6, 6.07) is 11.2. The van der Waals surface area contributed by atoms with Crippen molar-refractivity contribution in [2.24, 2.45) is 11.7 Å². The molecule has 2 atom stereocenters. The fourth-order valence-corrected chi connectivity index (χ4v) is 2.45. The quantitative estimate of drug-likeness (QED) is 0.888. The number of hydrogen-bond acceptors (Lipinski definition) is 2. The minimum Gasteiger partial charge on any atom is -0.330 e. The van der Waals surface area contributed by atoms with Gasteiger partial charge in [-0.05, 0) is 38.0 Å². The number of rotatable bonds is 2. The molecule has 1 heterocycles. The monoisotopic (exact) mass is 262 g/mol. The average Bonchev–Trinajstić information content (AvgIpc) is 2.61. The van der Waals surface area contributed by atoms with E-state index in [9.17, 15) is 0 Å². The minimum atomic E-state index is 0. The van der Waals surface area contributed by atoms with Crippen molar-refractivity contribution < 1.29 is 0 Å². The van der Waals surface area contributed by atoms with Crippen LogP contribution in [0.5, 0.6) is 0 Å². The van der Waals surface area contributed by atoms with Crippen molar-refractivity contribution in [1.29, 1.82) is 0 Å². The van der Waals surface area contributed by atoms with Crippen LogP contribution in [0.2, 0.25) is 0 Å². The zero-order valence-electron chi connectivity index (χ0n) is 9.50. The Morgan fingerprint density at radius 3 is 2.44 bits per heavy atom. The van der Waals surface area contributed by atoms with Crippen molar-refractivity contribution in [1.82, 2.24) is 4.90 Å². The van der Waals surface area contributed by atoms with Crippen LogP contribution in [0.4, 0.5) is 0 Å². The zero-order valence-corrected chi connectivity index (χ0v) is 11.1. The van der Waals surface area contributed by atoms with E-state index in [4.69, 9.17) is 5.73 Å². The first-order chi connectivity index (χ1) is 6.83. The molecule has 1 aliphatic rings. The molecule has 2 unspecified atom stereocenters. The van der Waals surface area contributed by atoms with Gasteiger partial charge in [-0.2, -0.15) is 0 Å². The Morgan fingerprint density at radius 1 is 1.25 bits per heavy atom. The van der Waals surface area contributed by atoms with Crippen LogP contribution in [0, 0.1) is 5.92 Å². The first-order valence-corrected chi connectivity index (χ1v) is 5.28. The molecule has 0 bridgehead atoms. The highest BCUT2D eigenvalue weighted by Gasteiger charge is 2.31. The molecule has 0 spiro atoms. The second-order valence-electron chi connectivity index (χ2n) is 4.12. The summed E-state index contributed by atoms with van der Waals surface area (Å²) in [5, 5.41) is 0. The first kappa shape index (κ1) is 15.7. The lowest BCUT2D eigenvalue weighted by atomic mass is 9.94. The molecule has 4 heteroatoms. The highest BCUT2D eigenvalue weighted by Crippen LogP contribution is 2.34. The third-order valence-electron chi connectivity index (χ3n) is 3.22. The normalized spacial score (nSPS) is 24.6. The van der Waals surface area contributed by atoms with E-state index in [1.807, 2.05) is 0 Å². The van der Waals surface area contributed by atoms with Gasteiger partial charge in [-0.1, -0.05) is 30.3 Å². The van der Waals surface area contributed by atoms with E-state index in [-0.39, 0.29) is 24.8 Å². The Hall–Kier alpha value is -0.280. The Kier molecular flexibility index (Phi) is 7.00. The molecule has 1 aliphatic heterocycles. The average molecular weight is 263 g/mol. The summed E-state index contributed by atoms with van der Waals surface area (Å²) in [6.45, 7) is 1.96. The highest BCUT2D eigenvalue weighted by molar-refractivity contribution is 5.85. The molecule has 0 saturated carbocycles. The molecule has 2 N–H and O–H groups in total. The van der Waals surface area contributed by atoms with Crippen LogP contribution in [0.1, 0.15) is 18.0 Å². The van der Waals surface area contributed by atoms with Crippen LogP contribution in [-0.2, 0) is 0 Å². The molecule has 92 valence electrons. The summed E-state index contributed by atoms with van der Waals surface area (Å²) < 4.78 is 0. The van der Waals surface area contributed by atoms with Crippen LogP contribution < -0.4 is 5.73 Å². The summed E-state index contributed by atoms with van der Waals surface area (Å²) in [6.07, 6.45) is 1.23. The fraction of sp³-hybridized carbons (Fsp3) is 0.500. The van der Waals surface area contributed by atoms with Crippen molar-refractivity contribution in [2.75, 3.05) is 20.1 Å². The summed E-state index contributed by atoms with van der Waals surface area (Å²) in [4.78, 5) is 2.41. The smallest absolute Gasteiger partial charge is 0.0385 e. The van der Waals surface area contributed by atoms with Crippen LogP contribution in [0.25, 0.3) is 0 Å². The minimum absolute atomic E-state index is 0. The largest absolute Gasteiger partial charge is 0.330 e. The second kappa shape index (κ2) is 7.13. The lowest BCUT2D eigenvalue weighted by molar-refractivity contribution is 0.279. The van der Waals surface area contributed by atoms with Gasteiger partial charge in [0.25, 0.3) is 0 Å². The Morgan fingerprint density at radius 2 is 1.88 bits per heavy atom. The SMILES string of the molecule is CN1CCC(CN)C1c1ccccc1.Cl.Cl. The Balaban J connectivity index is 0.00000112. The first-order valence-electron chi connectivity index (χ1n) is 5.28. The maximum atomic E-state index is 5.80. The van der Waals surface area contributed by atoms with Gasteiger partial charge in [-0.25, -0.2) is 0 Å². The predicted octanol–water partition coefficient (Wildman–Crippen LogP) is 2.48. The highest BCUT2D eigenvalue weighted by atomic mass is 35.5. The van der Waals surface area contributed by atoms with Crippen molar-refractivity contribution in [3.63, 3.8) is 0 Å². The molecule has 1 saturated heterocycles. The number of benzene rings is 1. The van der Waals surface area contributed by atoms with E-state index in [1.54, 1.807) is 0 Å². The van der Waals surface area contributed by atoms with E-state index in [0.717, 1.165) is 6.54 Å². The van der Waals surface area contributed by atoms with E-state index >= 15 is 0 Å². The van der Waals surface area contributed by atoms with Gasteiger partial charge in [0.1, 0.15) is 0 Å². The molecule has 0 amide bonds. The van der Waals surface area contributed by atoms with Crippen molar-refractivity contribution >= 4 is 24.8 Å². The van der Waals surface area contributed by atoms with Gasteiger partial charge >= 0.3 is 0 Å². The third kappa shape index (κ3) is 3.11.